The van der Waals surface area contributed by atoms with Gasteiger partial charge in [-0.15, -0.1) is 6.58 Å². The van der Waals surface area contributed by atoms with Crippen LogP contribution in [0.3, 0.4) is 0 Å². The normalized spacial score (nSPS) is 20.8. The molecule has 3 nitrogen and oxygen atoms in total. The second kappa shape index (κ2) is 6.60. The van der Waals surface area contributed by atoms with E-state index in [1.165, 1.54) is 0 Å². The number of benzene rings is 1. The van der Waals surface area contributed by atoms with Crippen molar-refractivity contribution in [3.63, 3.8) is 0 Å². The molecule has 0 saturated heterocycles. The molecule has 1 atom stereocenters. The average molecular weight is 274 g/mol. The van der Waals surface area contributed by atoms with Crippen molar-refractivity contribution in [1.82, 2.24) is 0 Å². The van der Waals surface area contributed by atoms with Crippen molar-refractivity contribution in [2.75, 3.05) is 6.61 Å². The lowest BCUT2D eigenvalue weighted by Gasteiger charge is -2.34. The Balaban J connectivity index is 2.01. The zero-order valence-electron chi connectivity index (χ0n) is 11.8. The number of unbranched alkanes of at least 4 members (excludes halogenated alkanes) is 3. The molecule has 3 heteroatoms. The summed E-state index contributed by atoms with van der Waals surface area (Å²) in [5, 5.41) is 9.62. The van der Waals surface area contributed by atoms with Gasteiger partial charge in [0.1, 0.15) is 17.8 Å². The van der Waals surface area contributed by atoms with E-state index in [2.05, 4.69) is 6.58 Å². The number of hydrogen-bond acceptors (Lipinski definition) is 2. The number of aliphatic carboxylic acids is 1. The van der Waals surface area contributed by atoms with Gasteiger partial charge >= 0.3 is 5.97 Å². The monoisotopic (exact) mass is 274 g/mol. The molecular weight excluding hydrogens is 252 g/mol. The van der Waals surface area contributed by atoms with Gasteiger partial charge < -0.3 is 9.84 Å². The number of carboxylic acid groups (broad SMARTS) is 1. The van der Waals surface area contributed by atoms with E-state index < -0.39 is 11.4 Å². The minimum Gasteiger partial charge on any atom is -0.492 e. The van der Waals surface area contributed by atoms with Gasteiger partial charge in [-0.2, -0.15) is 0 Å². The summed E-state index contributed by atoms with van der Waals surface area (Å²) in [6.07, 6.45) is 7.20. The third-order valence-corrected chi connectivity index (χ3v) is 4.02. The summed E-state index contributed by atoms with van der Waals surface area (Å²) in [5.74, 6) is 0.0896. The minimum atomic E-state index is -0.761. The fourth-order valence-electron chi connectivity index (χ4n) is 2.76. The van der Waals surface area contributed by atoms with Crippen LogP contribution in [0.25, 0.3) is 0 Å². The molecular formula is C17H22O3. The van der Waals surface area contributed by atoms with Crippen molar-refractivity contribution >= 4 is 5.97 Å². The molecule has 1 unspecified atom stereocenters. The molecule has 0 aromatic heterocycles. The molecule has 0 aliphatic carbocycles. The lowest BCUT2D eigenvalue weighted by Crippen LogP contribution is -2.42. The largest absolute Gasteiger partial charge is 0.492 e. The maximum absolute atomic E-state index is 11.7. The summed E-state index contributed by atoms with van der Waals surface area (Å²) in [6.45, 7) is 3.98. The van der Waals surface area contributed by atoms with Crippen molar-refractivity contribution in [1.29, 1.82) is 0 Å². The van der Waals surface area contributed by atoms with E-state index in [0.717, 1.165) is 37.0 Å². The Morgan fingerprint density at radius 2 is 2.15 bits per heavy atom. The molecule has 0 amide bonds. The van der Waals surface area contributed by atoms with Gasteiger partial charge in [0.05, 0.1) is 0 Å². The highest BCUT2D eigenvalue weighted by molar-refractivity contribution is 5.76. The summed E-state index contributed by atoms with van der Waals surface area (Å²) in [7, 11) is 0. The van der Waals surface area contributed by atoms with Crippen LogP contribution in [0.4, 0.5) is 0 Å². The van der Waals surface area contributed by atoms with Crippen LogP contribution in [0.2, 0.25) is 0 Å². The smallest absolute Gasteiger partial charge is 0.313 e. The Morgan fingerprint density at radius 1 is 1.35 bits per heavy atom. The van der Waals surface area contributed by atoms with E-state index in [0.29, 0.717) is 12.8 Å². The van der Waals surface area contributed by atoms with Crippen LogP contribution in [0.15, 0.2) is 36.9 Å². The second-order valence-corrected chi connectivity index (χ2v) is 5.55. The molecule has 0 fully saturated rings. The molecule has 1 aromatic carbocycles. The SMILES string of the molecule is C=CCCCCCC1(C(=O)O)COc2ccccc2C1. The standard InChI is InChI=1S/C17H22O3/c1-2-3-4-5-8-11-17(16(18)19)12-14-9-6-7-10-15(14)20-13-17/h2,6-7,9-10H,1,3-5,8,11-13H2,(H,18,19). The first-order valence-electron chi connectivity index (χ1n) is 7.23. The van der Waals surface area contributed by atoms with Gasteiger partial charge in [-0.3, -0.25) is 4.79 Å². The summed E-state index contributed by atoms with van der Waals surface area (Å²) < 4.78 is 5.68. The van der Waals surface area contributed by atoms with Gasteiger partial charge in [-0.25, -0.2) is 0 Å². The highest BCUT2D eigenvalue weighted by Gasteiger charge is 2.42. The van der Waals surface area contributed by atoms with Crippen molar-refractivity contribution in [2.24, 2.45) is 5.41 Å². The third kappa shape index (κ3) is 3.21. The first-order chi connectivity index (χ1) is 9.68. The van der Waals surface area contributed by atoms with Gasteiger partial charge in [-0.05, 0) is 37.3 Å². The fraction of sp³-hybridized carbons (Fsp3) is 0.471. The van der Waals surface area contributed by atoms with Crippen molar-refractivity contribution < 1.29 is 14.6 Å². The van der Waals surface area contributed by atoms with Crippen LogP contribution in [-0.2, 0) is 11.2 Å². The quantitative estimate of drug-likeness (QED) is 0.607. The number of ether oxygens (including phenoxy) is 1. The Hall–Kier alpha value is -1.77. The van der Waals surface area contributed by atoms with Crippen molar-refractivity contribution in [3.05, 3.63) is 42.5 Å². The lowest BCUT2D eigenvalue weighted by atomic mass is 9.76. The highest BCUT2D eigenvalue weighted by atomic mass is 16.5. The van der Waals surface area contributed by atoms with Crippen molar-refractivity contribution in [3.8, 4) is 5.75 Å². The van der Waals surface area contributed by atoms with E-state index in [4.69, 9.17) is 4.74 Å². The molecule has 0 bridgehead atoms. The van der Waals surface area contributed by atoms with Crippen LogP contribution >= 0.6 is 0 Å². The number of rotatable bonds is 7. The Kier molecular flexibility index (Phi) is 4.83. The third-order valence-electron chi connectivity index (χ3n) is 4.02. The van der Waals surface area contributed by atoms with Crippen LogP contribution in [0.1, 0.15) is 37.7 Å². The first kappa shape index (κ1) is 14.6. The second-order valence-electron chi connectivity index (χ2n) is 5.55. The van der Waals surface area contributed by atoms with E-state index in [1.54, 1.807) is 0 Å². The Labute approximate surface area is 120 Å². The molecule has 1 aliphatic heterocycles. The zero-order chi connectivity index (χ0) is 14.4. The predicted octanol–water partition coefficient (Wildman–Crippen LogP) is 3.83. The number of carbonyl (C=O) groups is 1. The Morgan fingerprint density at radius 3 is 2.90 bits per heavy atom. The molecule has 1 aliphatic rings. The van der Waals surface area contributed by atoms with Gasteiger partial charge in [0.2, 0.25) is 0 Å². The topological polar surface area (TPSA) is 46.5 Å². The minimum absolute atomic E-state index is 0.279. The van der Waals surface area contributed by atoms with Gasteiger partial charge in [0.25, 0.3) is 0 Å². The van der Waals surface area contributed by atoms with Crippen LogP contribution in [0.5, 0.6) is 5.75 Å². The summed E-state index contributed by atoms with van der Waals surface area (Å²) in [4.78, 5) is 11.7. The number of fused-ring (bicyclic) bond motifs is 1. The van der Waals surface area contributed by atoms with Gasteiger partial charge in [-0.1, -0.05) is 37.1 Å². The van der Waals surface area contributed by atoms with E-state index >= 15 is 0 Å². The Bertz CT molecular complexity index is 481. The molecule has 0 saturated carbocycles. The van der Waals surface area contributed by atoms with E-state index in [-0.39, 0.29) is 6.61 Å². The number of allylic oxidation sites excluding steroid dienone is 1. The molecule has 1 heterocycles. The van der Waals surface area contributed by atoms with Crippen LogP contribution in [-0.4, -0.2) is 17.7 Å². The van der Waals surface area contributed by atoms with E-state index in [9.17, 15) is 9.90 Å². The van der Waals surface area contributed by atoms with E-state index in [1.807, 2.05) is 30.3 Å². The molecule has 20 heavy (non-hydrogen) atoms. The number of carboxylic acids is 1. The molecule has 0 spiro atoms. The number of para-hydroxylation sites is 1. The molecule has 2 rings (SSSR count). The van der Waals surface area contributed by atoms with Crippen LogP contribution in [0, 0.1) is 5.41 Å². The number of hydrogen-bond donors (Lipinski definition) is 1. The molecule has 1 aromatic rings. The molecule has 0 radical (unpaired) electrons. The lowest BCUT2D eigenvalue weighted by molar-refractivity contribution is -0.152. The summed E-state index contributed by atoms with van der Waals surface area (Å²) in [6, 6.07) is 7.72. The fourth-order valence-corrected chi connectivity index (χ4v) is 2.76. The highest BCUT2D eigenvalue weighted by Crippen LogP contribution is 2.38. The van der Waals surface area contributed by atoms with Crippen molar-refractivity contribution in [2.45, 2.75) is 38.5 Å². The van der Waals surface area contributed by atoms with Gasteiger partial charge in [0.15, 0.2) is 0 Å². The summed E-state index contributed by atoms with van der Waals surface area (Å²) in [5.41, 5.74) is 0.245. The molecule has 108 valence electrons. The average Bonchev–Trinajstić information content (AvgIpc) is 2.46. The summed E-state index contributed by atoms with van der Waals surface area (Å²) >= 11 is 0. The zero-order valence-corrected chi connectivity index (χ0v) is 11.8. The van der Waals surface area contributed by atoms with Gasteiger partial charge in [0, 0.05) is 0 Å². The predicted molar refractivity (Wildman–Crippen MR) is 79.0 cm³/mol. The van der Waals surface area contributed by atoms with Crippen LogP contribution < -0.4 is 4.74 Å². The maximum Gasteiger partial charge on any atom is 0.313 e. The maximum atomic E-state index is 11.7. The first-order valence-corrected chi connectivity index (χ1v) is 7.23. The molecule has 1 N–H and O–H groups in total.